The topological polar surface area (TPSA) is 46.6 Å². The number of carbonyl (C=O) groups is 2. The van der Waals surface area contributed by atoms with Gasteiger partial charge in [-0.3, -0.25) is 4.79 Å². The fourth-order valence-electron chi connectivity index (χ4n) is 2.94. The predicted octanol–water partition coefficient (Wildman–Crippen LogP) is 4.04. The molecule has 2 aromatic carbocycles. The minimum atomic E-state index is -0.364. The summed E-state index contributed by atoms with van der Waals surface area (Å²) in [7, 11) is 0. The van der Waals surface area contributed by atoms with E-state index in [2.05, 4.69) is 0 Å². The molecule has 4 heteroatoms. The number of nitrogens with zero attached hydrogens (tertiary/aromatic N) is 1. The molecule has 0 aromatic heterocycles. The summed E-state index contributed by atoms with van der Waals surface area (Å²) in [6.07, 6.45) is 0.378. The van der Waals surface area contributed by atoms with Crippen LogP contribution in [0.25, 0.3) is 0 Å². The normalized spacial score (nSPS) is 17.6. The highest BCUT2D eigenvalue weighted by atomic mass is 16.6. The zero-order valence-corrected chi connectivity index (χ0v) is 13.8. The summed E-state index contributed by atoms with van der Waals surface area (Å²) in [5.74, 6) is 0.188. The van der Waals surface area contributed by atoms with Gasteiger partial charge in [-0.15, -0.1) is 0 Å². The van der Waals surface area contributed by atoms with Crippen molar-refractivity contribution in [3.63, 3.8) is 0 Å². The summed E-state index contributed by atoms with van der Waals surface area (Å²) in [5.41, 5.74) is 3.08. The van der Waals surface area contributed by atoms with E-state index in [0.717, 1.165) is 16.7 Å². The molecular weight excluding hydrogens is 302 g/mol. The molecule has 1 aliphatic heterocycles. The van der Waals surface area contributed by atoms with Crippen molar-refractivity contribution in [2.75, 3.05) is 6.54 Å². The number of piperidine rings is 1. The van der Waals surface area contributed by atoms with Gasteiger partial charge in [0.15, 0.2) is 0 Å². The molecule has 2 aromatic rings. The molecule has 4 nitrogen and oxygen atoms in total. The lowest BCUT2D eigenvalue weighted by molar-refractivity contribution is -0.122. The number of ether oxygens (including phenoxy) is 1. The molecule has 0 radical (unpaired) electrons. The van der Waals surface area contributed by atoms with Crippen LogP contribution in [0, 0.1) is 6.92 Å². The van der Waals surface area contributed by atoms with E-state index in [-0.39, 0.29) is 24.5 Å². The minimum absolute atomic E-state index is 0.188. The van der Waals surface area contributed by atoms with Gasteiger partial charge in [-0.2, -0.15) is 0 Å². The molecule has 1 heterocycles. The van der Waals surface area contributed by atoms with Crippen LogP contribution in [0.4, 0.5) is 4.79 Å². The number of benzene rings is 2. The lowest BCUT2D eigenvalue weighted by Gasteiger charge is -2.34. The van der Waals surface area contributed by atoms with Crippen LogP contribution in [0.15, 0.2) is 54.6 Å². The lowest BCUT2D eigenvalue weighted by atomic mass is 9.94. The van der Waals surface area contributed by atoms with E-state index < -0.39 is 0 Å². The van der Waals surface area contributed by atoms with Gasteiger partial charge in [0, 0.05) is 19.4 Å². The molecule has 24 heavy (non-hydrogen) atoms. The van der Waals surface area contributed by atoms with Crippen LogP contribution >= 0.6 is 0 Å². The summed E-state index contributed by atoms with van der Waals surface area (Å²) in [6, 6.07) is 17.3. The van der Waals surface area contributed by atoms with Crippen LogP contribution in [0.1, 0.15) is 35.6 Å². The molecule has 124 valence electrons. The lowest BCUT2D eigenvalue weighted by Crippen LogP contribution is -2.41. The first-order valence-corrected chi connectivity index (χ1v) is 8.19. The third-order valence-corrected chi connectivity index (χ3v) is 4.33. The molecule has 0 bridgehead atoms. The van der Waals surface area contributed by atoms with Crippen molar-refractivity contribution >= 4 is 11.9 Å². The van der Waals surface area contributed by atoms with Gasteiger partial charge in [-0.05, 0) is 18.1 Å². The first-order chi connectivity index (χ1) is 11.6. The van der Waals surface area contributed by atoms with Gasteiger partial charge >= 0.3 is 6.09 Å². The van der Waals surface area contributed by atoms with E-state index in [1.807, 2.05) is 61.5 Å². The van der Waals surface area contributed by atoms with Crippen molar-refractivity contribution in [1.82, 2.24) is 4.90 Å². The number of likely N-dealkylation sites (tertiary alicyclic amines) is 1. The maximum atomic E-state index is 12.5. The van der Waals surface area contributed by atoms with Crippen molar-refractivity contribution < 1.29 is 14.3 Å². The molecule has 3 rings (SSSR count). The third-order valence-electron chi connectivity index (χ3n) is 4.33. The Morgan fingerprint density at radius 1 is 1.12 bits per heavy atom. The van der Waals surface area contributed by atoms with Crippen LogP contribution in [0.3, 0.4) is 0 Å². The highest BCUT2D eigenvalue weighted by molar-refractivity contribution is 5.82. The highest BCUT2D eigenvalue weighted by Gasteiger charge is 2.32. The number of aryl methyl sites for hydroxylation is 1. The van der Waals surface area contributed by atoms with E-state index in [0.29, 0.717) is 19.4 Å². The molecule has 1 saturated heterocycles. The smallest absolute Gasteiger partial charge is 0.410 e. The predicted molar refractivity (Wildman–Crippen MR) is 91.5 cm³/mol. The Hall–Kier alpha value is -2.62. The summed E-state index contributed by atoms with van der Waals surface area (Å²) >= 11 is 0. The second kappa shape index (κ2) is 7.30. The number of ketones is 1. The average Bonchev–Trinajstić information content (AvgIpc) is 2.61. The standard InChI is InChI=1S/C20H21NO3/c1-15-7-9-17(10-8-15)19-13-18(22)11-12-21(19)20(23)24-14-16-5-3-2-4-6-16/h2-10,19H,11-14H2,1H3. The first kappa shape index (κ1) is 16.2. The van der Waals surface area contributed by atoms with Crippen molar-refractivity contribution in [3.8, 4) is 0 Å². The van der Waals surface area contributed by atoms with Gasteiger partial charge in [0.2, 0.25) is 0 Å². The maximum absolute atomic E-state index is 12.5. The average molecular weight is 323 g/mol. The van der Waals surface area contributed by atoms with Gasteiger partial charge in [-0.1, -0.05) is 60.2 Å². The van der Waals surface area contributed by atoms with Gasteiger partial charge in [0.1, 0.15) is 12.4 Å². The Morgan fingerprint density at radius 2 is 1.83 bits per heavy atom. The highest BCUT2D eigenvalue weighted by Crippen LogP contribution is 2.30. The Kier molecular flexibility index (Phi) is 4.94. The largest absolute Gasteiger partial charge is 0.445 e. The second-order valence-electron chi connectivity index (χ2n) is 6.15. The first-order valence-electron chi connectivity index (χ1n) is 8.19. The van der Waals surface area contributed by atoms with Crippen molar-refractivity contribution in [2.45, 2.75) is 32.4 Å². The van der Waals surface area contributed by atoms with Crippen molar-refractivity contribution in [2.24, 2.45) is 0 Å². The molecule has 1 unspecified atom stereocenters. The van der Waals surface area contributed by atoms with E-state index in [4.69, 9.17) is 4.74 Å². The summed E-state index contributed by atoms with van der Waals surface area (Å²) in [4.78, 5) is 26.1. The molecule has 1 atom stereocenters. The number of carbonyl (C=O) groups excluding carboxylic acids is 2. The Labute approximate surface area is 142 Å². The number of hydrogen-bond acceptors (Lipinski definition) is 3. The van der Waals surface area contributed by atoms with Crippen LogP contribution < -0.4 is 0 Å². The fraction of sp³-hybridized carbons (Fsp3) is 0.300. The van der Waals surface area contributed by atoms with Gasteiger partial charge in [0.05, 0.1) is 6.04 Å². The summed E-state index contributed by atoms with van der Waals surface area (Å²) in [6.45, 7) is 2.66. The fourth-order valence-corrected chi connectivity index (χ4v) is 2.94. The molecule has 1 aliphatic rings. The zero-order valence-electron chi connectivity index (χ0n) is 13.8. The zero-order chi connectivity index (χ0) is 16.9. The number of Topliss-reactive ketones (excluding diaryl/α,β-unsaturated/α-hetero) is 1. The second-order valence-corrected chi connectivity index (χ2v) is 6.15. The van der Waals surface area contributed by atoms with Gasteiger partial charge < -0.3 is 9.64 Å². The molecular formula is C20H21NO3. The SMILES string of the molecule is Cc1ccc(C2CC(=O)CCN2C(=O)OCc2ccccc2)cc1. The maximum Gasteiger partial charge on any atom is 0.410 e. The molecule has 0 N–H and O–H groups in total. The third kappa shape index (κ3) is 3.82. The Bertz CT molecular complexity index is 709. The van der Waals surface area contributed by atoms with E-state index in [1.165, 1.54) is 0 Å². The molecule has 1 amide bonds. The monoisotopic (exact) mass is 323 g/mol. The van der Waals surface area contributed by atoms with E-state index in [1.54, 1.807) is 4.90 Å². The summed E-state index contributed by atoms with van der Waals surface area (Å²) < 4.78 is 5.45. The van der Waals surface area contributed by atoms with Crippen LogP contribution in [0.2, 0.25) is 0 Å². The molecule has 0 aliphatic carbocycles. The van der Waals surface area contributed by atoms with Crippen molar-refractivity contribution in [1.29, 1.82) is 0 Å². The van der Waals surface area contributed by atoms with E-state index >= 15 is 0 Å². The molecule has 0 spiro atoms. The summed E-state index contributed by atoms with van der Waals surface area (Å²) in [5, 5.41) is 0. The minimum Gasteiger partial charge on any atom is -0.445 e. The number of hydrogen-bond donors (Lipinski definition) is 0. The van der Waals surface area contributed by atoms with Crippen LogP contribution in [-0.4, -0.2) is 23.3 Å². The van der Waals surface area contributed by atoms with Crippen molar-refractivity contribution in [3.05, 3.63) is 71.3 Å². The Balaban J connectivity index is 1.72. The molecule has 1 fully saturated rings. The van der Waals surface area contributed by atoms with Crippen LogP contribution in [0.5, 0.6) is 0 Å². The van der Waals surface area contributed by atoms with Crippen LogP contribution in [-0.2, 0) is 16.1 Å². The number of amides is 1. The van der Waals surface area contributed by atoms with E-state index in [9.17, 15) is 9.59 Å². The Morgan fingerprint density at radius 3 is 2.54 bits per heavy atom. The molecule has 0 saturated carbocycles. The van der Waals surface area contributed by atoms with Gasteiger partial charge in [-0.25, -0.2) is 4.79 Å². The van der Waals surface area contributed by atoms with Gasteiger partial charge in [0.25, 0.3) is 0 Å². The number of rotatable bonds is 3. The quantitative estimate of drug-likeness (QED) is 0.856.